The van der Waals surface area contributed by atoms with Gasteiger partial charge in [0.2, 0.25) is 0 Å². The Balaban J connectivity index is 2.27. The van der Waals surface area contributed by atoms with Gasteiger partial charge < -0.3 is 0 Å². The van der Waals surface area contributed by atoms with Gasteiger partial charge in [0.15, 0.2) is 6.71 Å². The highest BCUT2D eigenvalue weighted by atomic mass is 28.3. The molecule has 0 spiro atoms. The highest BCUT2D eigenvalue weighted by Gasteiger charge is 2.42. The zero-order valence-electron chi connectivity index (χ0n) is 13.1. The molecule has 0 saturated carbocycles. The van der Waals surface area contributed by atoms with E-state index >= 15 is 0 Å². The molecule has 2 aliphatic rings. The van der Waals surface area contributed by atoms with E-state index in [-0.39, 0.29) is 8.80 Å². The number of allylic oxidation sites excluding steroid dienone is 1. The van der Waals surface area contributed by atoms with Crippen molar-refractivity contribution in [2.45, 2.75) is 84.0 Å². The lowest BCUT2D eigenvalue weighted by Gasteiger charge is -2.43. The van der Waals surface area contributed by atoms with E-state index in [4.69, 9.17) is 0 Å². The third-order valence-corrected chi connectivity index (χ3v) is 6.47. The molecule has 0 nitrogen and oxygen atoms in total. The van der Waals surface area contributed by atoms with E-state index in [1.54, 1.807) is 0 Å². The average molecular weight is 261 g/mol. The van der Waals surface area contributed by atoms with Crippen molar-refractivity contribution < 1.29 is 0 Å². The van der Waals surface area contributed by atoms with Gasteiger partial charge in [-0.1, -0.05) is 90.1 Å². The van der Waals surface area contributed by atoms with Gasteiger partial charge in [0.1, 0.15) is 0 Å². The zero-order valence-corrected chi connectivity index (χ0v) is 14.1. The Morgan fingerprint density at radius 3 is 1.78 bits per heavy atom. The minimum Gasteiger partial charge on any atom is -0.115 e. The summed E-state index contributed by atoms with van der Waals surface area (Å²) < 4.78 is 0. The normalized spacial score (nSPS) is 29.9. The van der Waals surface area contributed by atoms with Gasteiger partial charge in [-0.3, -0.25) is 0 Å². The van der Waals surface area contributed by atoms with Crippen molar-refractivity contribution in [3.05, 3.63) is 11.2 Å². The highest BCUT2D eigenvalue weighted by Crippen LogP contribution is 2.49. The van der Waals surface area contributed by atoms with Crippen molar-refractivity contribution in [2.75, 3.05) is 0 Å². The summed E-state index contributed by atoms with van der Waals surface area (Å²) in [5, 5.41) is 1.89. The van der Waals surface area contributed by atoms with Crippen molar-refractivity contribution in [1.82, 2.24) is 0 Å². The van der Waals surface area contributed by atoms with Crippen LogP contribution in [0.25, 0.3) is 0 Å². The Bertz CT molecular complexity index is 292. The molecule has 2 heterocycles. The van der Waals surface area contributed by atoms with Gasteiger partial charge in [0.05, 0.1) is 8.80 Å². The largest absolute Gasteiger partial charge is 0.171 e. The molecular weight excluding hydrogens is 231 g/mol. The summed E-state index contributed by atoms with van der Waals surface area (Å²) >= 11 is 0. The monoisotopic (exact) mass is 261 g/mol. The first-order valence-corrected chi connectivity index (χ1v) is 10.4. The van der Waals surface area contributed by atoms with Crippen LogP contribution in [-0.2, 0) is 0 Å². The van der Waals surface area contributed by atoms with E-state index < -0.39 is 0 Å². The minimum atomic E-state index is -0.285. The first-order valence-electron chi connectivity index (χ1n) is 7.92. The summed E-state index contributed by atoms with van der Waals surface area (Å²) in [6.07, 6.45) is 11.7. The Kier molecular flexibility index (Phi) is 4.46. The van der Waals surface area contributed by atoms with E-state index in [1.165, 1.54) is 38.5 Å². The van der Waals surface area contributed by atoms with Crippen molar-refractivity contribution >= 4 is 15.5 Å². The third kappa shape index (κ3) is 3.32. The molecule has 18 heavy (non-hydrogen) atoms. The lowest BCUT2D eigenvalue weighted by Crippen LogP contribution is -2.40. The van der Waals surface area contributed by atoms with Crippen molar-refractivity contribution in [1.29, 1.82) is 0 Å². The molecule has 2 fully saturated rings. The van der Waals surface area contributed by atoms with Gasteiger partial charge in [-0.25, -0.2) is 0 Å². The predicted molar refractivity (Wildman–Crippen MR) is 86.0 cm³/mol. The Hall–Kier alpha value is 0.0218. The molecule has 0 aromatic heterocycles. The molecule has 0 atom stereocenters. The second-order valence-corrected chi connectivity index (χ2v) is 10.5. The lowest BCUT2D eigenvalue weighted by molar-refractivity contribution is 0.446. The van der Waals surface area contributed by atoms with Crippen molar-refractivity contribution in [3.63, 3.8) is 0 Å². The van der Waals surface area contributed by atoms with Gasteiger partial charge in [-0.15, -0.1) is 5.10 Å². The summed E-state index contributed by atoms with van der Waals surface area (Å²) in [7, 11) is -0.285. The Labute approximate surface area is 116 Å². The van der Waals surface area contributed by atoms with E-state index in [2.05, 4.69) is 39.9 Å². The Morgan fingerprint density at radius 2 is 1.44 bits per heavy atom. The fourth-order valence-electron chi connectivity index (χ4n) is 4.22. The molecule has 0 aliphatic carbocycles. The molecule has 2 bridgehead atoms. The first-order chi connectivity index (χ1) is 8.38. The number of fused-ring (bicyclic) bond motifs is 2. The van der Waals surface area contributed by atoms with Crippen LogP contribution in [0, 0.1) is 5.41 Å². The third-order valence-electron chi connectivity index (χ3n) is 4.84. The molecule has 2 heteroatoms. The lowest BCUT2D eigenvalue weighted by atomic mass is 9.27. The molecule has 2 saturated heterocycles. The molecule has 2 aliphatic heterocycles. The van der Waals surface area contributed by atoms with Gasteiger partial charge >= 0.3 is 0 Å². The molecule has 0 unspecified atom stereocenters. The summed E-state index contributed by atoms with van der Waals surface area (Å²) in [5.74, 6) is 2.07. The van der Waals surface area contributed by atoms with Crippen LogP contribution in [0.3, 0.4) is 0 Å². The van der Waals surface area contributed by atoms with E-state index in [0.717, 1.165) is 18.3 Å². The second-order valence-electron chi connectivity index (χ2n) is 7.87. The molecule has 2 rings (SSSR count). The molecular formula is C16H30BSi. The summed E-state index contributed by atoms with van der Waals surface area (Å²) in [6.45, 7) is 13.1. The fraction of sp³-hybridized carbons (Fsp3) is 0.875. The Morgan fingerprint density at radius 1 is 1.00 bits per heavy atom. The number of hydrogen-bond donors (Lipinski definition) is 0. The van der Waals surface area contributed by atoms with E-state index in [0.29, 0.717) is 5.41 Å². The van der Waals surface area contributed by atoms with Gasteiger partial charge in [-0.05, 0) is 5.41 Å². The molecule has 0 amide bonds. The summed E-state index contributed by atoms with van der Waals surface area (Å²) in [4.78, 5) is 0. The van der Waals surface area contributed by atoms with Crippen molar-refractivity contribution in [2.24, 2.45) is 5.41 Å². The van der Waals surface area contributed by atoms with Gasteiger partial charge in [0, 0.05) is 0 Å². The standard InChI is InChI=1S/C16H30BSi/c1-16(2,3)12-15(18(4)5)17-13-8-6-9-14(17)11-7-10-13/h12-14H,6-11H2,1-5H3/b15-12-. The topological polar surface area (TPSA) is 0 Å². The average Bonchev–Trinajstić information content (AvgIpc) is 2.23. The van der Waals surface area contributed by atoms with Crippen molar-refractivity contribution in [3.8, 4) is 0 Å². The van der Waals surface area contributed by atoms with Crippen LogP contribution in [0.5, 0.6) is 0 Å². The minimum absolute atomic E-state index is 0.285. The highest BCUT2D eigenvalue weighted by molar-refractivity contribution is 6.89. The van der Waals surface area contributed by atoms with Crippen LogP contribution in [0.1, 0.15) is 59.3 Å². The van der Waals surface area contributed by atoms with Crippen LogP contribution in [0.2, 0.25) is 24.7 Å². The number of rotatable bonds is 2. The molecule has 101 valence electrons. The molecule has 0 N–H and O–H groups in total. The van der Waals surface area contributed by atoms with Crippen LogP contribution in [0.4, 0.5) is 0 Å². The smallest absolute Gasteiger partial charge is 0.115 e. The van der Waals surface area contributed by atoms with E-state index in [1.807, 2.05) is 5.10 Å². The maximum atomic E-state index is 2.66. The first kappa shape index (κ1) is 14.4. The number of hydrogen-bond acceptors (Lipinski definition) is 0. The SMILES string of the molecule is C[Si](C)/C(=C\C(C)(C)C)B1C2CCCC1CCC2. The molecule has 1 radical (unpaired) electrons. The van der Waals surface area contributed by atoms with Crippen LogP contribution in [0.15, 0.2) is 11.2 Å². The van der Waals surface area contributed by atoms with E-state index in [9.17, 15) is 0 Å². The zero-order chi connectivity index (χ0) is 13.3. The molecule has 0 aromatic carbocycles. The maximum Gasteiger partial charge on any atom is 0.171 e. The second kappa shape index (κ2) is 5.56. The van der Waals surface area contributed by atoms with Crippen LogP contribution >= 0.6 is 0 Å². The molecule has 0 aromatic rings. The fourth-order valence-corrected chi connectivity index (χ4v) is 6.08. The van der Waals surface area contributed by atoms with Crippen LogP contribution in [-0.4, -0.2) is 15.5 Å². The van der Waals surface area contributed by atoms with Gasteiger partial charge in [0.25, 0.3) is 0 Å². The van der Waals surface area contributed by atoms with Gasteiger partial charge in [-0.2, -0.15) is 0 Å². The predicted octanol–water partition coefficient (Wildman–Crippen LogP) is 5.39. The quantitative estimate of drug-likeness (QED) is 0.584. The van der Waals surface area contributed by atoms with Crippen LogP contribution < -0.4 is 0 Å². The summed E-state index contributed by atoms with van der Waals surface area (Å²) in [6, 6.07) is 0. The summed E-state index contributed by atoms with van der Waals surface area (Å²) in [5.41, 5.74) is 0.364. The maximum absolute atomic E-state index is 2.66.